The Hall–Kier alpha value is -1.64. The molecule has 2 rings (SSSR count). The third kappa shape index (κ3) is 5.81. The Labute approximate surface area is 141 Å². The highest BCUT2D eigenvalue weighted by Gasteiger charge is 2.18. The topological polar surface area (TPSA) is 102 Å². The number of rotatable bonds is 7. The summed E-state index contributed by atoms with van der Waals surface area (Å²) in [6.45, 7) is 0.00836. The first-order valence-electron chi connectivity index (χ1n) is 6.69. The molecule has 0 amide bonds. The van der Waals surface area contributed by atoms with E-state index in [1.165, 1.54) is 12.1 Å². The molecule has 0 aliphatic carbocycles. The van der Waals surface area contributed by atoms with E-state index in [4.69, 9.17) is 15.7 Å². The Morgan fingerprint density at radius 1 is 1.04 bits per heavy atom. The number of nitrogens with one attached hydrogen (secondary N) is 1. The number of nitrogens with two attached hydrogens (primary N) is 1. The second-order valence-electron chi connectivity index (χ2n) is 4.79. The van der Waals surface area contributed by atoms with Gasteiger partial charge in [-0.3, -0.25) is 0 Å². The lowest BCUT2D eigenvalue weighted by Gasteiger charge is -2.11. The van der Waals surface area contributed by atoms with Crippen molar-refractivity contribution in [1.82, 2.24) is 5.48 Å². The van der Waals surface area contributed by atoms with Crippen molar-refractivity contribution in [1.29, 1.82) is 0 Å². The number of para-hydroxylation sites is 1. The molecule has 0 saturated heterocycles. The summed E-state index contributed by atoms with van der Waals surface area (Å²) in [6.07, 6.45) is 0. The molecule has 0 heterocycles. The van der Waals surface area contributed by atoms with Crippen LogP contribution in [0.5, 0.6) is 11.5 Å². The molecule has 0 saturated carbocycles. The van der Waals surface area contributed by atoms with Crippen LogP contribution in [-0.2, 0) is 9.84 Å². The van der Waals surface area contributed by atoms with Crippen LogP contribution in [0.1, 0.15) is 0 Å². The molecule has 0 unspecified atom stereocenters. The maximum Gasteiger partial charge on any atom is 0.179 e. The minimum Gasteiger partial charge on any atom is -0.457 e. The zero-order valence-corrected chi connectivity index (χ0v) is 13.9. The molecule has 2 aromatic carbocycles. The number of hydroxylamine groups is 1. The van der Waals surface area contributed by atoms with E-state index in [0.29, 0.717) is 11.5 Å². The minimum atomic E-state index is -3.50. The van der Waals surface area contributed by atoms with Crippen molar-refractivity contribution in [2.24, 2.45) is 5.73 Å². The molecular weight excluding hydrogens is 340 g/mol. The maximum absolute atomic E-state index is 12.2. The highest BCUT2D eigenvalue weighted by molar-refractivity contribution is 7.91. The summed E-state index contributed by atoms with van der Waals surface area (Å²) < 4.78 is 29.9. The van der Waals surface area contributed by atoms with Gasteiger partial charge in [0.05, 0.1) is 10.6 Å². The van der Waals surface area contributed by atoms with Gasteiger partial charge in [0.1, 0.15) is 11.5 Å². The van der Waals surface area contributed by atoms with Crippen LogP contribution in [-0.4, -0.2) is 32.0 Å². The van der Waals surface area contributed by atoms with Gasteiger partial charge in [0.25, 0.3) is 0 Å². The Bertz CT molecular complexity index is 693. The quantitative estimate of drug-likeness (QED) is 0.654. The van der Waals surface area contributed by atoms with Crippen LogP contribution in [0.4, 0.5) is 0 Å². The fourth-order valence-electron chi connectivity index (χ4n) is 1.89. The fraction of sp³-hybridized carbons (Fsp3) is 0.200. The third-order valence-corrected chi connectivity index (χ3v) is 4.81. The lowest BCUT2D eigenvalue weighted by Crippen LogP contribution is -2.38. The summed E-state index contributed by atoms with van der Waals surface area (Å²) in [4.78, 5) is 0.168. The smallest absolute Gasteiger partial charge is 0.179 e. The molecule has 8 heteroatoms. The average Bonchev–Trinajstić information content (AvgIpc) is 2.48. The van der Waals surface area contributed by atoms with Gasteiger partial charge in [0.2, 0.25) is 0 Å². The summed E-state index contributed by atoms with van der Waals surface area (Å²) >= 11 is 0. The molecule has 6 nitrogen and oxygen atoms in total. The minimum absolute atomic E-state index is 0. The number of hydrogen-bond acceptors (Lipinski definition) is 6. The molecule has 0 bridgehead atoms. The molecule has 0 aliphatic heterocycles. The highest BCUT2D eigenvalue weighted by atomic mass is 35.5. The lowest BCUT2D eigenvalue weighted by molar-refractivity contribution is 0.162. The van der Waals surface area contributed by atoms with Gasteiger partial charge < -0.3 is 15.7 Å². The van der Waals surface area contributed by atoms with Crippen LogP contribution in [0.2, 0.25) is 0 Å². The lowest BCUT2D eigenvalue weighted by atomic mass is 10.3. The zero-order chi connectivity index (χ0) is 16.0. The third-order valence-electron chi connectivity index (χ3n) is 2.95. The number of benzene rings is 2. The molecule has 1 atom stereocenters. The van der Waals surface area contributed by atoms with Crippen molar-refractivity contribution < 1.29 is 18.4 Å². The van der Waals surface area contributed by atoms with Crippen molar-refractivity contribution in [3.8, 4) is 11.5 Å². The first kappa shape index (κ1) is 19.4. The molecule has 0 aromatic heterocycles. The number of halogens is 1. The van der Waals surface area contributed by atoms with E-state index in [0.717, 1.165) is 0 Å². The summed E-state index contributed by atoms with van der Waals surface area (Å²) in [5.41, 5.74) is 7.48. The summed E-state index contributed by atoms with van der Waals surface area (Å²) in [7, 11) is -3.50. The maximum atomic E-state index is 12.2. The monoisotopic (exact) mass is 358 g/mol. The largest absolute Gasteiger partial charge is 0.457 e. The fourth-order valence-corrected chi connectivity index (χ4v) is 3.32. The molecular formula is C15H19ClN2O4S. The van der Waals surface area contributed by atoms with Crippen molar-refractivity contribution in [2.75, 3.05) is 12.3 Å². The van der Waals surface area contributed by atoms with E-state index in [9.17, 15) is 8.42 Å². The summed E-state index contributed by atoms with van der Waals surface area (Å²) in [5, 5.41) is 8.54. The van der Waals surface area contributed by atoms with Crippen LogP contribution >= 0.6 is 12.4 Å². The first-order valence-corrected chi connectivity index (χ1v) is 8.35. The zero-order valence-electron chi connectivity index (χ0n) is 12.3. The normalized spacial score (nSPS) is 12.3. The molecule has 4 N–H and O–H groups in total. The second-order valence-corrected chi connectivity index (χ2v) is 6.82. The number of ether oxygens (including phenoxy) is 1. The van der Waals surface area contributed by atoms with Crippen LogP contribution < -0.4 is 16.0 Å². The predicted octanol–water partition coefficient (Wildman–Crippen LogP) is 1.98. The number of sulfone groups is 1. The van der Waals surface area contributed by atoms with Crippen molar-refractivity contribution >= 4 is 22.2 Å². The van der Waals surface area contributed by atoms with Gasteiger partial charge in [-0.1, -0.05) is 18.2 Å². The molecule has 2 aromatic rings. The van der Waals surface area contributed by atoms with E-state index in [1.54, 1.807) is 12.1 Å². The Morgan fingerprint density at radius 3 is 2.17 bits per heavy atom. The Balaban J connectivity index is 0.00000264. The van der Waals surface area contributed by atoms with E-state index in [1.807, 2.05) is 35.8 Å². The SMILES string of the molecule is Cl.N[C@H](CNO)CS(=O)(=O)c1ccc(Oc2ccccc2)cc1. The predicted molar refractivity (Wildman–Crippen MR) is 90.0 cm³/mol. The highest BCUT2D eigenvalue weighted by Crippen LogP contribution is 2.23. The van der Waals surface area contributed by atoms with Gasteiger partial charge in [-0.15, -0.1) is 12.4 Å². The second kappa shape index (κ2) is 8.85. The Kier molecular flexibility index (Phi) is 7.47. The van der Waals surface area contributed by atoms with Crippen molar-refractivity contribution in [3.05, 3.63) is 54.6 Å². The van der Waals surface area contributed by atoms with Gasteiger partial charge in [0.15, 0.2) is 9.84 Å². The van der Waals surface area contributed by atoms with Crippen LogP contribution in [0.15, 0.2) is 59.5 Å². The van der Waals surface area contributed by atoms with E-state index >= 15 is 0 Å². The molecule has 0 spiro atoms. The van der Waals surface area contributed by atoms with Gasteiger partial charge in [-0.2, -0.15) is 0 Å². The van der Waals surface area contributed by atoms with Gasteiger partial charge in [-0.25, -0.2) is 13.9 Å². The summed E-state index contributed by atoms with van der Waals surface area (Å²) in [6, 6.07) is 14.7. The molecule has 23 heavy (non-hydrogen) atoms. The van der Waals surface area contributed by atoms with Gasteiger partial charge in [0, 0.05) is 12.6 Å². The van der Waals surface area contributed by atoms with Gasteiger partial charge >= 0.3 is 0 Å². The Morgan fingerprint density at radius 2 is 1.61 bits per heavy atom. The van der Waals surface area contributed by atoms with E-state index < -0.39 is 15.9 Å². The molecule has 126 valence electrons. The van der Waals surface area contributed by atoms with Crippen LogP contribution in [0.3, 0.4) is 0 Å². The molecule has 0 aliphatic rings. The van der Waals surface area contributed by atoms with Crippen LogP contribution in [0, 0.1) is 0 Å². The molecule has 0 radical (unpaired) electrons. The molecule has 0 fully saturated rings. The van der Waals surface area contributed by atoms with E-state index in [2.05, 4.69) is 0 Å². The first-order chi connectivity index (χ1) is 10.5. The van der Waals surface area contributed by atoms with Crippen molar-refractivity contribution in [2.45, 2.75) is 10.9 Å². The van der Waals surface area contributed by atoms with Crippen LogP contribution in [0.25, 0.3) is 0 Å². The van der Waals surface area contributed by atoms with Gasteiger partial charge in [-0.05, 0) is 36.4 Å². The standard InChI is InChI=1S/C15H18N2O4S.ClH/c16-12(10-17-18)11-22(19,20)15-8-6-14(7-9-15)21-13-4-2-1-3-5-13;/h1-9,12,17-18H,10-11,16H2;1H/t12-;/m1./s1. The van der Waals surface area contributed by atoms with Crippen molar-refractivity contribution in [3.63, 3.8) is 0 Å². The summed E-state index contributed by atoms with van der Waals surface area (Å²) in [5.74, 6) is 0.972. The number of hydrogen-bond donors (Lipinski definition) is 3. The average molecular weight is 359 g/mol. The van der Waals surface area contributed by atoms with E-state index in [-0.39, 0.29) is 29.6 Å².